The average Bonchev–Trinajstić information content (AvgIpc) is 3.04. The molecule has 1 amide bonds. The predicted octanol–water partition coefficient (Wildman–Crippen LogP) is 5.19. The van der Waals surface area contributed by atoms with Gasteiger partial charge >= 0.3 is 0 Å². The molecule has 1 heterocycles. The summed E-state index contributed by atoms with van der Waals surface area (Å²) in [5.74, 6) is 0.377. The lowest BCUT2D eigenvalue weighted by Gasteiger charge is -2.05. The number of amides is 1. The minimum absolute atomic E-state index is 0.137. The summed E-state index contributed by atoms with van der Waals surface area (Å²) in [4.78, 5) is 16.6. The normalized spacial score (nSPS) is 10.7. The van der Waals surface area contributed by atoms with E-state index in [-0.39, 0.29) is 5.91 Å². The number of rotatable bonds is 4. The second kappa shape index (κ2) is 6.75. The van der Waals surface area contributed by atoms with Gasteiger partial charge in [0.1, 0.15) is 0 Å². The number of carbonyl (C=O) groups is 1. The molecule has 0 saturated carbocycles. The molecule has 0 spiro atoms. The standard InChI is InChI=1S/C19H18N2OS/c1-13(2)14-8-10-15(11-9-14)17-12-23-19(20-17)21-18(22)16-6-4-3-5-7-16/h3-13H,1-2H3,(H,20,21,22). The highest BCUT2D eigenvalue weighted by atomic mass is 32.1. The summed E-state index contributed by atoms with van der Waals surface area (Å²) in [6, 6.07) is 17.6. The Balaban J connectivity index is 1.74. The van der Waals surface area contributed by atoms with Gasteiger partial charge in [-0.05, 0) is 23.6 Å². The van der Waals surface area contributed by atoms with E-state index in [1.165, 1.54) is 16.9 Å². The van der Waals surface area contributed by atoms with Crippen molar-refractivity contribution in [2.75, 3.05) is 5.32 Å². The molecule has 3 nitrogen and oxygen atoms in total. The number of benzene rings is 2. The zero-order chi connectivity index (χ0) is 16.2. The molecule has 0 aliphatic rings. The second-order valence-electron chi connectivity index (χ2n) is 5.63. The number of aromatic nitrogens is 1. The molecule has 0 radical (unpaired) electrons. The van der Waals surface area contributed by atoms with Crippen LogP contribution in [0.2, 0.25) is 0 Å². The molecule has 0 bridgehead atoms. The lowest BCUT2D eigenvalue weighted by molar-refractivity contribution is 0.102. The van der Waals surface area contributed by atoms with Crippen LogP contribution in [0.1, 0.15) is 35.7 Å². The third kappa shape index (κ3) is 3.66. The van der Waals surface area contributed by atoms with E-state index in [4.69, 9.17) is 0 Å². The van der Waals surface area contributed by atoms with Crippen LogP contribution in [-0.4, -0.2) is 10.9 Å². The number of anilines is 1. The molecule has 23 heavy (non-hydrogen) atoms. The van der Waals surface area contributed by atoms with Crippen LogP contribution in [0.15, 0.2) is 60.0 Å². The number of hydrogen-bond donors (Lipinski definition) is 1. The monoisotopic (exact) mass is 322 g/mol. The van der Waals surface area contributed by atoms with Crippen molar-refractivity contribution in [3.05, 3.63) is 71.1 Å². The van der Waals surface area contributed by atoms with Gasteiger partial charge in [-0.15, -0.1) is 11.3 Å². The Bertz CT molecular complexity index is 792. The summed E-state index contributed by atoms with van der Waals surface area (Å²) in [6.45, 7) is 4.35. The number of nitrogens with zero attached hydrogens (tertiary/aromatic N) is 1. The minimum Gasteiger partial charge on any atom is -0.298 e. The molecule has 0 atom stereocenters. The Kier molecular flexibility index (Phi) is 4.53. The molecule has 2 aromatic carbocycles. The van der Waals surface area contributed by atoms with Crippen molar-refractivity contribution in [2.45, 2.75) is 19.8 Å². The molecule has 3 aromatic rings. The first-order valence-electron chi connectivity index (χ1n) is 7.56. The second-order valence-corrected chi connectivity index (χ2v) is 6.49. The minimum atomic E-state index is -0.137. The Morgan fingerprint density at radius 2 is 1.74 bits per heavy atom. The van der Waals surface area contributed by atoms with Crippen LogP contribution in [0, 0.1) is 0 Å². The van der Waals surface area contributed by atoms with E-state index in [9.17, 15) is 4.79 Å². The molecule has 4 heteroatoms. The first-order chi connectivity index (χ1) is 11.1. The fraction of sp³-hybridized carbons (Fsp3) is 0.158. The van der Waals surface area contributed by atoms with Gasteiger partial charge in [-0.25, -0.2) is 4.98 Å². The van der Waals surface area contributed by atoms with Crippen LogP contribution in [0.5, 0.6) is 0 Å². The van der Waals surface area contributed by atoms with Gasteiger partial charge in [0.15, 0.2) is 5.13 Å². The van der Waals surface area contributed by atoms with Gasteiger partial charge < -0.3 is 0 Å². The van der Waals surface area contributed by atoms with Crippen LogP contribution in [0.3, 0.4) is 0 Å². The molecule has 116 valence electrons. The lowest BCUT2D eigenvalue weighted by atomic mass is 10.0. The highest BCUT2D eigenvalue weighted by Gasteiger charge is 2.10. The SMILES string of the molecule is CC(C)c1ccc(-c2csc(NC(=O)c3ccccc3)n2)cc1. The smallest absolute Gasteiger partial charge is 0.257 e. The van der Waals surface area contributed by atoms with Gasteiger partial charge in [-0.1, -0.05) is 56.3 Å². The maximum atomic E-state index is 12.1. The predicted molar refractivity (Wildman–Crippen MR) is 96.0 cm³/mol. The quantitative estimate of drug-likeness (QED) is 0.718. The van der Waals surface area contributed by atoms with Gasteiger partial charge in [0.2, 0.25) is 0 Å². The lowest BCUT2D eigenvalue weighted by Crippen LogP contribution is -2.11. The zero-order valence-electron chi connectivity index (χ0n) is 13.1. The number of hydrogen-bond acceptors (Lipinski definition) is 3. The first kappa shape index (κ1) is 15.4. The molecule has 1 N–H and O–H groups in total. The van der Waals surface area contributed by atoms with Crippen LogP contribution < -0.4 is 5.32 Å². The van der Waals surface area contributed by atoms with Gasteiger partial charge in [-0.2, -0.15) is 0 Å². The molecule has 0 saturated heterocycles. The number of nitrogens with one attached hydrogen (secondary N) is 1. The fourth-order valence-corrected chi connectivity index (χ4v) is 2.98. The summed E-state index contributed by atoms with van der Waals surface area (Å²) < 4.78 is 0. The molecule has 3 rings (SSSR count). The van der Waals surface area contributed by atoms with Crippen LogP contribution in [0.4, 0.5) is 5.13 Å². The number of thiazole rings is 1. The molecule has 0 fully saturated rings. The Hall–Kier alpha value is -2.46. The van der Waals surface area contributed by atoms with E-state index in [0.717, 1.165) is 11.3 Å². The summed E-state index contributed by atoms with van der Waals surface area (Å²) in [5, 5.41) is 5.42. The third-order valence-electron chi connectivity index (χ3n) is 3.63. The zero-order valence-corrected chi connectivity index (χ0v) is 13.9. The fourth-order valence-electron chi connectivity index (χ4n) is 2.26. The highest BCUT2D eigenvalue weighted by Crippen LogP contribution is 2.26. The van der Waals surface area contributed by atoms with E-state index in [1.807, 2.05) is 23.6 Å². The molecular weight excluding hydrogens is 304 g/mol. The van der Waals surface area contributed by atoms with E-state index < -0.39 is 0 Å². The molecule has 0 unspecified atom stereocenters. The maximum Gasteiger partial charge on any atom is 0.257 e. The molecular formula is C19H18N2OS. The van der Waals surface area contributed by atoms with Crippen molar-refractivity contribution in [3.63, 3.8) is 0 Å². The summed E-state index contributed by atoms with van der Waals surface area (Å²) >= 11 is 1.43. The Morgan fingerprint density at radius 1 is 1.04 bits per heavy atom. The van der Waals surface area contributed by atoms with Gasteiger partial charge in [0.25, 0.3) is 5.91 Å². The van der Waals surface area contributed by atoms with Crippen molar-refractivity contribution in [2.24, 2.45) is 0 Å². The highest BCUT2D eigenvalue weighted by molar-refractivity contribution is 7.14. The average molecular weight is 322 g/mol. The Morgan fingerprint density at radius 3 is 2.39 bits per heavy atom. The van der Waals surface area contributed by atoms with Crippen LogP contribution in [0.25, 0.3) is 11.3 Å². The van der Waals surface area contributed by atoms with Crippen LogP contribution in [-0.2, 0) is 0 Å². The summed E-state index contributed by atoms with van der Waals surface area (Å²) in [5.41, 5.74) is 3.88. The third-order valence-corrected chi connectivity index (χ3v) is 4.39. The van der Waals surface area contributed by atoms with Crippen molar-refractivity contribution in [3.8, 4) is 11.3 Å². The summed E-state index contributed by atoms with van der Waals surface area (Å²) in [6.07, 6.45) is 0. The molecule has 0 aliphatic carbocycles. The summed E-state index contributed by atoms with van der Waals surface area (Å²) in [7, 11) is 0. The Labute approximate surface area is 140 Å². The first-order valence-corrected chi connectivity index (χ1v) is 8.43. The largest absolute Gasteiger partial charge is 0.298 e. The van der Waals surface area contributed by atoms with Crippen molar-refractivity contribution < 1.29 is 4.79 Å². The van der Waals surface area contributed by atoms with Crippen molar-refractivity contribution >= 4 is 22.4 Å². The van der Waals surface area contributed by atoms with E-state index in [1.54, 1.807) is 12.1 Å². The maximum absolute atomic E-state index is 12.1. The van der Waals surface area contributed by atoms with E-state index in [0.29, 0.717) is 16.6 Å². The van der Waals surface area contributed by atoms with E-state index in [2.05, 4.69) is 48.4 Å². The number of carbonyl (C=O) groups excluding carboxylic acids is 1. The van der Waals surface area contributed by atoms with Crippen molar-refractivity contribution in [1.82, 2.24) is 4.98 Å². The molecule has 0 aliphatic heterocycles. The van der Waals surface area contributed by atoms with Gasteiger partial charge in [0, 0.05) is 16.5 Å². The van der Waals surface area contributed by atoms with Crippen LogP contribution >= 0.6 is 11.3 Å². The van der Waals surface area contributed by atoms with Gasteiger partial charge in [-0.3, -0.25) is 10.1 Å². The van der Waals surface area contributed by atoms with E-state index >= 15 is 0 Å². The topological polar surface area (TPSA) is 42.0 Å². The molecule has 1 aromatic heterocycles. The van der Waals surface area contributed by atoms with Crippen molar-refractivity contribution in [1.29, 1.82) is 0 Å². The van der Waals surface area contributed by atoms with Gasteiger partial charge in [0.05, 0.1) is 5.69 Å².